The molecular formula is C13H25NO3. The van der Waals surface area contributed by atoms with E-state index in [9.17, 15) is 4.79 Å². The van der Waals surface area contributed by atoms with Gasteiger partial charge in [0, 0.05) is 6.42 Å². The van der Waals surface area contributed by atoms with Crippen LogP contribution in [0.25, 0.3) is 0 Å². The molecule has 4 nitrogen and oxygen atoms in total. The molecule has 1 aliphatic rings. The van der Waals surface area contributed by atoms with Crippen molar-refractivity contribution in [3.05, 3.63) is 0 Å². The van der Waals surface area contributed by atoms with Crippen molar-refractivity contribution in [2.75, 3.05) is 13.7 Å². The number of hydrogen-bond acceptors (Lipinski definition) is 4. The zero-order valence-electron chi connectivity index (χ0n) is 11.4. The van der Waals surface area contributed by atoms with E-state index in [0.717, 1.165) is 12.8 Å². The second-order valence-electron chi connectivity index (χ2n) is 5.01. The molecule has 0 aromatic carbocycles. The summed E-state index contributed by atoms with van der Waals surface area (Å²) >= 11 is 0. The minimum atomic E-state index is -0.654. The largest absolute Gasteiger partial charge is 0.465 e. The Labute approximate surface area is 104 Å². The maximum Gasteiger partial charge on any atom is 0.326 e. The Kier molecular flexibility index (Phi) is 5.40. The SMILES string of the molecule is CCOC(=O)C(C)(CC(C)OC1CCC1)NC. The van der Waals surface area contributed by atoms with E-state index < -0.39 is 5.54 Å². The first-order chi connectivity index (χ1) is 8.01. The van der Waals surface area contributed by atoms with E-state index in [4.69, 9.17) is 9.47 Å². The standard InChI is InChI=1S/C13H25NO3/c1-5-16-12(15)13(3,14-4)9-10(2)17-11-7-6-8-11/h10-11,14H,5-9H2,1-4H3. The van der Waals surface area contributed by atoms with Gasteiger partial charge in [0.25, 0.3) is 0 Å². The molecule has 0 radical (unpaired) electrons. The molecule has 100 valence electrons. The Balaban J connectivity index is 2.45. The molecule has 1 fully saturated rings. The second kappa shape index (κ2) is 6.36. The summed E-state index contributed by atoms with van der Waals surface area (Å²) < 4.78 is 11.0. The molecule has 0 aromatic rings. The lowest BCUT2D eigenvalue weighted by molar-refractivity contribution is -0.153. The fourth-order valence-electron chi connectivity index (χ4n) is 2.04. The van der Waals surface area contributed by atoms with Crippen LogP contribution in [0.4, 0.5) is 0 Å². The van der Waals surface area contributed by atoms with Crippen molar-refractivity contribution in [2.45, 2.75) is 64.2 Å². The first-order valence-electron chi connectivity index (χ1n) is 6.53. The quantitative estimate of drug-likeness (QED) is 0.694. The minimum absolute atomic E-state index is 0.0714. The van der Waals surface area contributed by atoms with Gasteiger partial charge in [-0.15, -0.1) is 0 Å². The van der Waals surface area contributed by atoms with E-state index in [0.29, 0.717) is 19.1 Å². The summed E-state index contributed by atoms with van der Waals surface area (Å²) in [5.74, 6) is -0.202. The molecular weight excluding hydrogens is 218 g/mol. The van der Waals surface area contributed by atoms with Gasteiger partial charge in [-0.25, -0.2) is 0 Å². The van der Waals surface area contributed by atoms with Crippen LogP contribution in [-0.2, 0) is 14.3 Å². The van der Waals surface area contributed by atoms with Crippen LogP contribution in [-0.4, -0.2) is 37.4 Å². The minimum Gasteiger partial charge on any atom is -0.465 e. The number of rotatable bonds is 7. The summed E-state index contributed by atoms with van der Waals surface area (Å²) in [5.41, 5.74) is -0.654. The van der Waals surface area contributed by atoms with Crippen molar-refractivity contribution in [1.29, 1.82) is 0 Å². The molecule has 4 heteroatoms. The van der Waals surface area contributed by atoms with Crippen molar-refractivity contribution >= 4 is 5.97 Å². The summed E-state index contributed by atoms with van der Waals surface area (Å²) in [6.45, 7) is 6.12. The highest BCUT2D eigenvalue weighted by Crippen LogP contribution is 2.26. The third-order valence-electron chi connectivity index (χ3n) is 3.45. The topological polar surface area (TPSA) is 47.6 Å². The number of nitrogens with one attached hydrogen (secondary N) is 1. The molecule has 2 unspecified atom stereocenters. The Morgan fingerprint density at radius 1 is 1.53 bits per heavy atom. The van der Waals surface area contributed by atoms with E-state index in [2.05, 4.69) is 5.32 Å². The Morgan fingerprint density at radius 3 is 2.59 bits per heavy atom. The van der Waals surface area contributed by atoms with Gasteiger partial charge in [0.15, 0.2) is 0 Å². The first kappa shape index (κ1) is 14.5. The predicted octanol–water partition coefficient (Wildman–Crippen LogP) is 1.88. The molecule has 0 aromatic heterocycles. The fraction of sp³-hybridized carbons (Fsp3) is 0.923. The van der Waals surface area contributed by atoms with E-state index >= 15 is 0 Å². The third-order valence-corrected chi connectivity index (χ3v) is 3.45. The maximum atomic E-state index is 11.9. The Hall–Kier alpha value is -0.610. The summed E-state index contributed by atoms with van der Waals surface area (Å²) in [4.78, 5) is 11.9. The lowest BCUT2D eigenvalue weighted by atomic mass is 9.93. The molecule has 17 heavy (non-hydrogen) atoms. The van der Waals surface area contributed by atoms with E-state index in [1.165, 1.54) is 6.42 Å². The van der Waals surface area contributed by atoms with E-state index in [-0.39, 0.29) is 12.1 Å². The maximum absolute atomic E-state index is 11.9. The van der Waals surface area contributed by atoms with Crippen LogP contribution in [0.3, 0.4) is 0 Å². The Bertz CT molecular complexity index is 253. The van der Waals surface area contributed by atoms with Crippen LogP contribution in [0.5, 0.6) is 0 Å². The highest BCUT2D eigenvalue weighted by molar-refractivity contribution is 5.80. The lowest BCUT2D eigenvalue weighted by Gasteiger charge is -2.33. The van der Waals surface area contributed by atoms with Crippen LogP contribution >= 0.6 is 0 Å². The van der Waals surface area contributed by atoms with Crippen LogP contribution in [0, 0.1) is 0 Å². The molecule has 0 bridgehead atoms. The highest BCUT2D eigenvalue weighted by Gasteiger charge is 2.35. The molecule has 0 spiro atoms. The summed E-state index contributed by atoms with van der Waals surface area (Å²) in [6.07, 6.45) is 4.67. The number of likely N-dealkylation sites (N-methyl/N-ethyl adjacent to an activating group) is 1. The number of ether oxygens (including phenoxy) is 2. The number of hydrogen-bond donors (Lipinski definition) is 1. The molecule has 0 heterocycles. The number of carbonyl (C=O) groups is 1. The Morgan fingerprint density at radius 2 is 2.18 bits per heavy atom. The third kappa shape index (κ3) is 3.96. The first-order valence-corrected chi connectivity index (χ1v) is 6.53. The van der Waals surface area contributed by atoms with Crippen LogP contribution in [0.15, 0.2) is 0 Å². The lowest BCUT2D eigenvalue weighted by Crippen LogP contribution is -2.51. The second-order valence-corrected chi connectivity index (χ2v) is 5.01. The number of carbonyl (C=O) groups excluding carboxylic acids is 1. The number of esters is 1. The van der Waals surface area contributed by atoms with Gasteiger partial charge in [-0.05, 0) is 47.1 Å². The molecule has 1 rings (SSSR count). The van der Waals surface area contributed by atoms with E-state index in [1.54, 1.807) is 7.05 Å². The summed E-state index contributed by atoms with van der Waals surface area (Å²) in [6, 6.07) is 0. The monoisotopic (exact) mass is 243 g/mol. The fourth-order valence-corrected chi connectivity index (χ4v) is 2.04. The average Bonchev–Trinajstić information content (AvgIpc) is 2.23. The van der Waals surface area contributed by atoms with Gasteiger partial charge in [0.1, 0.15) is 5.54 Å². The summed E-state index contributed by atoms with van der Waals surface area (Å²) in [7, 11) is 1.78. The van der Waals surface area contributed by atoms with Crippen LogP contribution < -0.4 is 5.32 Å². The van der Waals surface area contributed by atoms with Crippen molar-refractivity contribution in [2.24, 2.45) is 0 Å². The predicted molar refractivity (Wildman–Crippen MR) is 66.9 cm³/mol. The van der Waals surface area contributed by atoms with Gasteiger partial charge in [0.2, 0.25) is 0 Å². The zero-order chi connectivity index (χ0) is 12.9. The van der Waals surface area contributed by atoms with Crippen molar-refractivity contribution in [3.8, 4) is 0 Å². The van der Waals surface area contributed by atoms with Crippen molar-refractivity contribution in [1.82, 2.24) is 5.32 Å². The summed E-state index contributed by atoms with van der Waals surface area (Å²) in [5, 5.41) is 3.05. The molecule has 1 aliphatic carbocycles. The van der Waals surface area contributed by atoms with Gasteiger partial charge in [-0.3, -0.25) is 4.79 Å². The van der Waals surface area contributed by atoms with Crippen LogP contribution in [0.1, 0.15) is 46.5 Å². The molecule has 2 atom stereocenters. The average molecular weight is 243 g/mol. The van der Waals surface area contributed by atoms with Gasteiger partial charge in [0.05, 0.1) is 18.8 Å². The molecule has 0 amide bonds. The molecule has 1 saturated carbocycles. The van der Waals surface area contributed by atoms with Gasteiger partial charge >= 0.3 is 5.97 Å². The molecule has 1 N–H and O–H groups in total. The van der Waals surface area contributed by atoms with Gasteiger partial charge in [-0.1, -0.05) is 0 Å². The zero-order valence-corrected chi connectivity index (χ0v) is 11.4. The smallest absolute Gasteiger partial charge is 0.326 e. The van der Waals surface area contributed by atoms with Crippen LogP contribution in [0.2, 0.25) is 0 Å². The van der Waals surface area contributed by atoms with Crippen molar-refractivity contribution < 1.29 is 14.3 Å². The normalized spacial score (nSPS) is 21.4. The van der Waals surface area contributed by atoms with Gasteiger partial charge < -0.3 is 14.8 Å². The van der Waals surface area contributed by atoms with Gasteiger partial charge in [-0.2, -0.15) is 0 Å². The van der Waals surface area contributed by atoms with E-state index in [1.807, 2.05) is 20.8 Å². The molecule has 0 saturated heterocycles. The molecule has 0 aliphatic heterocycles. The van der Waals surface area contributed by atoms with Crippen molar-refractivity contribution in [3.63, 3.8) is 0 Å². The highest BCUT2D eigenvalue weighted by atomic mass is 16.5.